The Bertz CT molecular complexity index is 1180. The van der Waals surface area contributed by atoms with Gasteiger partial charge in [0.15, 0.2) is 0 Å². The zero-order chi connectivity index (χ0) is 28.6. The number of hydrogen-bond acceptors (Lipinski definition) is 6. The third kappa shape index (κ3) is 9.43. The lowest BCUT2D eigenvalue weighted by atomic mass is 9.96. The Hall–Kier alpha value is -3.32. The molecule has 1 aromatic rings. The van der Waals surface area contributed by atoms with Crippen LogP contribution in [0.3, 0.4) is 0 Å². The van der Waals surface area contributed by atoms with Gasteiger partial charge in [0, 0.05) is 40.0 Å². The molecule has 2 aliphatic heterocycles. The predicted octanol–water partition coefficient (Wildman–Crippen LogP) is 0.00470. The quantitative estimate of drug-likeness (QED) is 0.297. The summed E-state index contributed by atoms with van der Waals surface area (Å²) in [6.07, 6.45) is 3.81. The molecule has 0 spiro atoms. The van der Waals surface area contributed by atoms with Crippen LogP contribution in [0.25, 0.3) is 0 Å². The maximum absolute atomic E-state index is 13.4. The van der Waals surface area contributed by atoms with Crippen molar-refractivity contribution < 1.29 is 27.6 Å². The molecule has 12 nitrogen and oxygen atoms in total. The van der Waals surface area contributed by atoms with Gasteiger partial charge in [-0.05, 0) is 43.6 Å². The van der Waals surface area contributed by atoms with Gasteiger partial charge < -0.3 is 15.1 Å². The van der Waals surface area contributed by atoms with Gasteiger partial charge in [0.25, 0.3) is 0 Å². The molecule has 214 valence electrons. The SMILES string of the molecule is CC(=O)/N=C(/NC(C)=O)N1CCC(CNC(=O)[C@@H]2CCCN2C(=O)[C@@H](Cc2ccccc2)NS(C)(=O)=O)CC1. The van der Waals surface area contributed by atoms with E-state index in [1.807, 2.05) is 35.2 Å². The Balaban J connectivity index is 1.57. The second-order valence-corrected chi connectivity index (χ2v) is 11.9. The zero-order valence-corrected chi connectivity index (χ0v) is 23.5. The summed E-state index contributed by atoms with van der Waals surface area (Å²) in [4.78, 5) is 56.7. The van der Waals surface area contributed by atoms with Crippen molar-refractivity contribution in [1.29, 1.82) is 0 Å². The minimum atomic E-state index is -3.66. The first kappa shape index (κ1) is 30.2. The van der Waals surface area contributed by atoms with Crippen LogP contribution < -0.4 is 15.4 Å². The fourth-order valence-corrected chi connectivity index (χ4v) is 5.69. The molecule has 2 atom stereocenters. The summed E-state index contributed by atoms with van der Waals surface area (Å²) in [5, 5.41) is 5.58. The van der Waals surface area contributed by atoms with Crippen molar-refractivity contribution in [2.45, 2.75) is 58.0 Å². The number of guanidine groups is 1. The molecule has 2 aliphatic rings. The van der Waals surface area contributed by atoms with Gasteiger partial charge in [0.1, 0.15) is 12.1 Å². The first-order valence-corrected chi connectivity index (χ1v) is 15.0. The third-order valence-corrected chi connectivity index (χ3v) is 7.52. The summed E-state index contributed by atoms with van der Waals surface area (Å²) in [5.74, 6) is -0.947. The van der Waals surface area contributed by atoms with Crippen molar-refractivity contribution in [2.75, 3.05) is 32.4 Å². The van der Waals surface area contributed by atoms with Gasteiger partial charge in [-0.3, -0.25) is 24.5 Å². The van der Waals surface area contributed by atoms with Gasteiger partial charge in [-0.1, -0.05) is 30.3 Å². The van der Waals surface area contributed by atoms with E-state index >= 15 is 0 Å². The molecule has 2 fully saturated rings. The van der Waals surface area contributed by atoms with Crippen molar-refractivity contribution in [3.05, 3.63) is 35.9 Å². The van der Waals surface area contributed by atoms with Gasteiger partial charge in [0.2, 0.25) is 39.6 Å². The first-order chi connectivity index (χ1) is 18.4. The Labute approximate surface area is 229 Å². The summed E-state index contributed by atoms with van der Waals surface area (Å²) in [7, 11) is -3.66. The van der Waals surface area contributed by atoms with Crippen LogP contribution in [0.1, 0.15) is 45.1 Å². The highest BCUT2D eigenvalue weighted by Crippen LogP contribution is 2.21. The van der Waals surface area contributed by atoms with E-state index in [0.29, 0.717) is 39.0 Å². The molecule has 39 heavy (non-hydrogen) atoms. The standard InChI is InChI=1S/C26H38N6O6S/c1-18(33)28-26(29-19(2)34)31-14-11-21(12-15-31)17-27-24(35)23-10-7-13-32(23)25(36)22(30-39(3,37)38)16-20-8-5-4-6-9-20/h4-6,8-9,21-23,30H,7,10-17H2,1-3H3,(H,27,35)(H,28,29,33,34)/t22-,23+/m1/s1. The van der Waals surface area contributed by atoms with Crippen molar-refractivity contribution in [1.82, 2.24) is 25.2 Å². The average Bonchev–Trinajstić information content (AvgIpc) is 3.36. The van der Waals surface area contributed by atoms with Crippen LogP contribution in [-0.4, -0.2) is 92.3 Å². The number of piperidine rings is 1. The van der Waals surface area contributed by atoms with Crippen LogP contribution in [0.4, 0.5) is 0 Å². The molecule has 4 amide bonds. The maximum atomic E-state index is 13.4. The zero-order valence-electron chi connectivity index (χ0n) is 22.7. The second kappa shape index (κ2) is 13.7. The topological polar surface area (TPSA) is 157 Å². The number of nitrogens with zero attached hydrogens (tertiary/aromatic N) is 3. The van der Waals surface area contributed by atoms with E-state index < -0.39 is 33.9 Å². The van der Waals surface area contributed by atoms with E-state index in [0.717, 1.165) is 24.7 Å². The normalized spacial score (nSPS) is 19.5. The maximum Gasteiger partial charge on any atom is 0.245 e. The lowest BCUT2D eigenvalue weighted by Crippen LogP contribution is -2.54. The van der Waals surface area contributed by atoms with Crippen LogP contribution in [0.2, 0.25) is 0 Å². The van der Waals surface area contributed by atoms with Crippen LogP contribution in [0.15, 0.2) is 35.3 Å². The largest absolute Gasteiger partial charge is 0.354 e. The summed E-state index contributed by atoms with van der Waals surface area (Å²) in [6.45, 7) is 4.63. The van der Waals surface area contributed by atoms with Crippen molar-refractivity contribution in [3.8, 4) is 0 Å². The second-order valence-electron chi connectivity index (χ2n) is 10.1. The van der Waals surface area contributed by atoms with E-state index in [1.54, 1.807) is 0 Å². The van der Waals surface area contributed by atoms with Gasteiger partial charge in [-0.25, -0.2) is 13.1 Å². The Morgan fingerprint density at radius 2 is 1.69 bits per heavy atom. The van der Waals surface area contributed by atoms with Gasteiger partial charge in [-0.2, -0.15) is 4.99 Å². The Kier molecular flexibility index (Phi) is 10.6. The van der Waals surface area contributed by atoms with Gasteiger partial charge >= 0.3 is 0 Å². The fourth-order valence-electron chi connectivity index (χ4n) is 4.99. The highest BCUT2D eigenvalue weighted by Gasteiger charge is 2.38. The number of carbonyl (C=O) groups excluding carboxylic acids is 4. The summed E-state index contributed by atoms with van der Waals surface area (Å²) in [6, 6.07) is 7.48. The average molecular weight is 563 g/mol. The molecular formula is C26H38N6O6S. The molecule has 13 heteroatoms. The van der Waals surface area contributed by atoms with Crippen LogP contribution in [-0.2, 0) is 35.6 Å². The molecule has 3 rings (SSSR count). The van der Waals surface area contributed by atoms with Crippen LogP contribution >= 0.6 is 0 Å². The molecular weight excluding hydrogens is 524 g/mol. The Morgan fingerprint density at radius 1 is 1.03 bits per heavy atom. The highest BCUT2D eigenvalue weighted by molar-refractivity contribution is 7.88. The molecule has 0 saturated carbocycles. The number of benzene rings is 1. The number of hydrogen-bond donors (Lipinski definition) is 3. The number of sulfonamides is 1. The first-order valence-electron chi connectivity index (χ1n) is 13.1. The fraction of sp³-hybridized carbons (Fsp3) is 0.577. The van der Waals surface area contributed by atoms with E-state index in [1.165, 1.54) is 18.7 Å². The number of rotatable bonds is 8. The van der Waals surface area contributed by atoms with Crippen molar-refractivity contribution in [3.63, 3.8) is 0 Å². The molecule has 1 aromatic carbocycles. The number of likely N-dealkylation sites (tertiary alicyclic amines) is 2. The van der Waals surface area contributed by atoms with E-state index in [2.05, 4.69) is 20.3 Å². The van der Waals surface area contributed by atoms with E-state index in [9.17, 15) is 27.6 Å². The number of aliphatic imine (C=N–C) groups is 1. The summed E-state index contributed by atoms with van der Waals surface area (Å²) < 4.78 is 26.5. The minimum absolute atomic E-state index is 0.184. The van der Waals surface area contributed by atoms with E-state index in [-0.39, 0.29) is 30.1 Å². The molecule has 0 aliphatic carbocycles. The predicted molar refractivity (Wildman–Crippen MR) is 146 cm³/mol. The monoisotopic (exact) mass is 562 g/mol. The Morgan fingerprint density at radius 3 is 2.28 bits per heavy atom. The lowest BCUT2D eigenvalue weighted by Gasteiger charge is -2.34. The van der Waals surface area contributed by atoms with Crippen LogP contribution in [0.5, 0.6) is 0 Å². The molecule has 2 heterocycles. The molecule has 0 aromatic heterocycles. The number of amides is 4. The summed E-state index contributed by atoms with van der Waals surface area (Å²) >= 11 is 0. The van der Waals surface area contributed by atoms with Crippen molar-refractivity contribution in [2.24, 2.45) is 10.9 Å². The smallest absolute Gasteiger partial charge is 0.245 e. The van der Waals surface area contributed by atoms with Crippen LogP contribution in [0, 0.1) is 5.92 Å². The molecule has 0 bridgehead atoms. The summed E-state index contributed by atoms with van der Waals surface area (Å²) in [5.41, 5.74) is 0.813. The highest BCUT2D eigenvalue weighted by atomic mass is 32.2. The molecule has 0 radical (unpaired) electrons. The third-order valence-electron chi connectivity index (χ3n) is 6.81. The molecule has 2 saturated heterocycles. The number of carbonyl (C=O) groups is 4. The molecule has 0 unspecified atom stereocenters. The minimum Gasteiger partial charge on any atom is -0.354 e. The molecule has 3 N–H and O–H groups in total. The van der Waals surface area contributed by atoms with Gasteiger partial charge in [0.05, 0.1) is 6.26 Å². The lowest BCUT2D eigenvalue weighted by molar-refractivity contribution is -0.139. The van der Waals surface area contributed by atoms with Gasteiger partial charge in [-0.15, -0.1) is 0 Å². The van der Waals surface area contributed by atoms with Crippen molar-refractivity contribution >= 4 is 39.6 Å². The number of nitrogens with one attached hydrogen (secondary N) is 3. The van der Waals surface area contributed by atoms with E-state index in [4.69, 9.17) is 0 Å².